The van der Waals surface area contributed by atoms with Gasteiger partial charge in [0.25, 0.3) is 10.0 Å². The first-order valence-corrected chi connectivity index (χ1v) is 10.3. The van der Waals surface area contributed by atoms with E-state index in [-0.39, 0.29) is 4.90 Å². The maximum absolute atomic E-state index is 12.8. The summed E-state index contributed by atoms with van der Waals surface area (Å²) in [6.45, 7) is 2.23. The molecule has 0 spiro atoms. The third-order valence-corrected chi connectivity index (χ3v) is 5.79. The molecule has 132 valence electrons. The number of sulfonamides is 1. The third-order valence-electron chi connectivity index (χ3n) is 3.73. The highest BCUT2D eigenvalue weighted by Gasteiger charge is 2.21. The fraction of sp³-hybridized carbons (Fsp3) is 0.235. The first kappa shape index (κ1) is 18.4. The van der Waals surface area contributed by atoms with E-state index in [1.807, 2.05) is 4.90 Å². The van der Waals surface area contributed by atoms with Gasteiger partial charge in [-0.3, -0.25) is 0 Å². The Balaban J connectivity index is 2.04. The molecule has 0 unspecified atom stereocenters. The molecule has 25 heavy (non-hydrogen) atoms. The van der Waals surface area contributed by atoms with Gasteiger partial charge in [0.15, 0.2) is 0 Å². The lowest BCUT2D eigenvalue weighted by Gasteiger charge is -2.29. The predicted octanol–water partition coefficient (Wildman–Crippen LogP) is 3.57. The summed E-state index contributed by atoms with van der Waals surface area (Å²) in [5, 5.41) is 0.584. The molecule has 2 aromatic carbocycles. The van der Waals surface area contributed by atoms with Crippen LogP contribution in [0.2, 0.25) is 5.02 Å². The number of hydrogen-bond donors (Lipinski definition) is 0. The number of ether oxygens (including phenoxy) is 1. The zero-order valence-electron chi connectivity index (χ0n) is 13.2. The van der Waals surface area contributed by atoms with E-state index in [1.165, 1.54) is 12.1 Å². The van der Waals surface area contributed by atoms with Crippen molar-refractivity contribution in [2.45, 2.75) is 4.90 Å². The van der Waals surface area contributed by atoms with Crippen molar-refractivity contribution < 1.29 is 13.2 Å². The van der Waals surface area contributed by atoms with Gasteiger partial charge in [-0.25, -0.2) is 0 Å². The molecule has 5 nitrogen and oxygen atoms in total. The molecule has 0 saturated carbocycles. The summed E-state index contributed by atoms with van der Waals surface area (Å²) in [6.07, 6.45) is 0. The van der Waals surface area contributed by atoms with Crippen molar-refractivity contribution >= 4 is 43.4 Å². The molecule has 8 heteroatoms. The SMILES string of the molecule is O=S(=O)(/N=C(/c1ccc(Cl)cc1)N1CCOCC1)c1ccc(Br)cc1. The largest absolute Gasteiger partial charge is 0.378 e. The minimum Gasteiger partial charge on any atom is -0.378 e. The highest BCUT2D eigenvalue weighted by molar-refractivity contribution is 9.10. The quantitative estimate of drug-likeness (QED) is 0.537. The Morgan fingerprint density at radius 2 is 1.64 bits per heavy atom. The van der Waals surface area contributed by atoms with Crippen molar-refractivity contribution in [3.63, 3.8) is 0 Å². The zero-order valence-corrected chi connectivity index (χ0v) is 16.4. The van der Waals surface area contributed by atoms with Crippen LogP contribution >= 0.6 is 27.5 Å². The summed E-state index contributed by atoms with van der Waals surface area (Å²) < 4.78 is 35.8. The number of benzene rings is 2. The van der Waals surface area contributed by atoms with Gasteiger partial charge >= 0.3 is 0 Å². The normalized spacial score (nSPS) is 16.1. The standard InChI is InChI=1S/C17H16BrClN2O3S/c18-14-3-7-16(8-4-14)25(22,23)20-17(21-9-11-24-12-10-21)13-1-5-15(19)6-2-13/h1-8H,9-12H2/b20-17-. The molecule has 0 radical (unpaired) electrons. The number of rotatable bonds is 3. The second-order valence-electron chi connectivity index (χ2n) is 5.45. The molecule has 1 heterocycles. The van der Waals surface area contributed by atoms with Crippen molar-refractivity contribution in [1.82, 2.24) is 4.90 Å². The minimum absolute atomic E-state index is 0.149. The van der Waals surface area contributed by atoms with Crippen LogP contribution in [0.1, 0.15) is 5.56 Å². The van der Waals surface area contributed by atoms with Crippen LogP contribution in [-0.4, -0.2) is 45.5 Å². The van der Waals surface area contributed by atoms with E-state index in [0.29, 0.717) is 42.7 Å². The van der Waals surface area contributed by atoms with Gasteiger partial charge in [0, 0.05) is 28.1 Å². The van der Waals surface area contributed by atoms with Crippen molar-refractivity contribution in [1.29, 1.82) is 0 Å². The molecule has 1 saturated heterocycles. The lowest BCUT2D eigenvalue weighted by Crippen LogP contribution is -2.41. The summed E-state index contributed by atoms with van der Waals surface area (Å²) in [6, 6.07) is 13.4. The summed E-state index contributed by atoms with van der Waals surface area (Å²) in [5.41, 5.74) is 0.701. The molecule has 1 aliphatic rings. The number of amidine groups is 1. The van der Waals surface area contributed by atoms with Gasteiger partial charge in [0.2, 0.25) is 0 Å². The van der Waals surface area contributed by atoms with Gasteiger partial charge in [0.1, 0.15) is 5.84 Å². The lowest BCUT2D eigenvalue weighted by atomic mass is 10.2. The summed E-state index contributed by atoms with van der Waals surface area (Å²) in [4.78, 5) is 2.07. The van der Waals surface area contributed by atoms with Crippen LogP contribution in [0.4, 0.5) is 0 Å². The number of halogens is 2. The maximum atomic E-state index is 12.8. The Hall–Kier alpha value is -1.41. The molecule has 0 amide bonds. The highest BCUT2D eigenvalue weighted by Crippen LogP contribution is 2.20. The molecule has 0 N–H and O–H groups in total. The Morgan fingerprint density at radius 3 is 2.24 bits per heavy atom. The third kappa shape index (κ3) is 4.61. The average Bonchev–Trinajstić information content (AvgIpc) is 2.62. The fourth-order valence-electron chi connectivity index (χ4n) is 2.44. The zero-order chi connectivity index (χ0) is 17.9. The average molecular weight is 444 g/mol. The van der Waals surface area contributed by atoms with Crippen LogP contribution in [0.15, 0.2) is 62.3 Å². The van der Waals surface area contributed by atoms with Crippen molar-refractivity contribution in [2.75, 3.05) is 26.3 Å². The van der Waals surface area contributed by atoms with Gasteiger partial charge in [-0.05, 0) is 48.5 Å². The van der Waals surface area contributed by atoms with Crippen LogP contribution < -0.4 is 0 Å². The van der Waals surface area contributed by atoms with Crippen molar-refractivity contribution in [3.8, 4) is 0 Å². The van der Waals surface area contributed by atoms with Crippen molar-refractivity contribution in [2.24, 2.45) is 4.40 Å². The van der Waals surface area contributed by atoms with Gasteiger partial charge in [-0.1, -0.05) is 27.5 Å². The summed E-state index contributed by atoms with van der Waals surface area (Å²) >= 11 is 9.25. The van der Waals surface area contributed by atoms with E-state index >= 15 is 0 Å². The van der Waals surface area contributed by atoms with E-state index in [0.717, 1.165) is 4.47 Å². The maximum Gasteiger partial charge on any atom is 0.284 e. The van der Waals surface area contributed by atoms with E-state index in [4.69, 9.17) is 16.3 Å². The smallest absolute Gasteiger partial charge is 0.284 e. The van der Waals surface area contributed by atoms with Gasteiger partial charge in [0.05, 0.1) is 18.1 Å². The molecule has 3 rings (SSSR count). The number of hydrogen-bond acceptors (Lipinski definition) is 3. The van der Waals surface area contributed by atoms with Crippen LogP contribution in [-0.2, 0) is 14.8 Å². The molecule has 0 atom stereocenters. The topological polar surface area (TPSA) is 59.0 Å². The lowest BCUT2D eigenvalue weighted by molar-refractivity contribution is 0.0683. The Labute approximate surface area is 160 Å². The number of morpholine rings is 1. The second-order valence-corrected chi connectivity index (χ2v) is 8.41. The van der Waals surface area contributed by atoms with Gasteiger partial charge < -0.3 is 9.64 Å². The Kier molecular flexibility index (Phi) is 5.78. The number of nitrogens with zero attached hydrogens (tertiary/aromatic N) is 2. The first-order valence-electron chi connectivity index (χ1n) is 7.65. The fourth-order valence-corrected chi connectivity index (χ4v) is 3.86. The Bertz CT molecular complexity index is 862. The van der Waals surface area contributed by atoms with Gasteiger partial charge in [-0.15, -0.1) is 4.40 Å². The second kappa shape index (κ2) is 7.86. The molecule has 1 fully saturated rings. The van der Waals surface area contributed by atoms with E-state index < -0.39 is 10.0 Å². The predicted molar refractivity (Wildman–Crippen MR) is 102 cm³/mol. The monoisotopic (exact) mass is 442 g/mol. The molecule has 0 aromatic heterocycles. The molecular weight excluding hydrogens is 428 g/mol. The van der Waals surface area contributed by atoms with Crippen LogP contribution in [0.25, 0.3) is 0 Å². The Morgan fingerprint density at radius 1 is 1.04 bits per heavy atom. The van der Waals surface area contributed by atoms with E-state index in [9.17, 15) is 8.42 Å². The first-order chi connectivity index (χ1) is 12.0. The van der Waals surface area contributed by atoms with Crippen molar-refractivity contribution in [3.05, 3.63) is 63.6 Å². The van der Waals surface area contributed by atoms with E-state index in [2.05, 4.69) is 20.3 Å². The molecule has 2 aromatic rings. The highest BCUT2D eigenvalue weighted by atomic mass is 79.9. The summed E-state index contributed by atoms with van der Waals surface area (Å²) in [5.74, 6) is 0.405. The van der Waals surface area contributed by atoms with Crippen LogP contribution in [0, 0.1) is 0 Å². The molecule has 0 bridgehead atoms. The minimum atomic E-state index is -3.83. The van der Waals surface area contributed by atoms with Gasteiger partial charge in [-0.2, -0.15) is 8.42 Å². The van der Waals surface area contributed by atoms with E-state index in [1.54, 1.807) is 36.4 Å². The van der Waals surface area contributed by atoms with Crippen LogP contribution in [0.3, 0.4) is 0 Å². The van der Waals surface area contributed by atoms with Crippen LogP contribution in [0.5, 0.6) is 0 Å². The molecular formula is C17H16BrClN2O3S. The summed E-state index contributed by atoms with van der Waals surface area (Å²) in [7, 11) is -3.83. The molecule has 1 aliphatic heterocycles. The molecule has 0 aliphatic carbocycles.